The van der Waals surface area contributed by atoms with E-state index in [0.717, 1.165) is 11.5 Å². The first-order valence-corrected chi connectivity index (χ1v) is 7.72. The summed E-state index contributed by atoms with van der Waals surface area (Å²) in [5, 5.41) is 3.48. The standard InChI is InChI=1S/C17H27NO3/c1-18-16(12-8-6-5-7-9-12)13-10-14(19-2)17(21-4)15(11-13)20-3/h10-12,16,18H,5-9H2,1-4H3. The van der Waals surface area contributed by atoms with Crippen molar-refractivity contribution in [3.05, 3.63) is 17.7 Å². The Balaban J connectivity index is 2.36. The minimum Gasteiger partial charge on any atom is -0.493 e. The molecular formula is C17H27NO3. The number of methoxy groups -OCH3 is 3. The summed E-state index contributed by atoms with van der Waals surface area (Å²) in [4.78, 5) is 0. The third kappa shape index (κ3) is 3.43. The van der Waals surface area contributed by atoms with E-state index in [2.05, 4.69) is 17.4 Å². The largest absolute Gasteiger partial charge is 0.493 e. The molecule has 1 aromatic rings. The van der Waals surface area contributed by atoms with Crippen molar-refractivity contribution in [2.45, 2.75) is 38.1 Å². The van der Waals surface area contributed by atoms with E-state index in [0.29, 0.717) is 17.7 Å². The Morgan fingerprint density at radius 2 is 1.52 bits per heavy atom. The lowest BCUT2D eigenvalue weighted by molar-refractivity contribution is 0.278. The van der Waals surface area contributed by atoms with Crippen LogP contribution in [-0.2, 0) is 0 Å². The van der Waals surface area contributed by atoms with Gasteiger partial charge in [-0.05, 0) is 43.5 Å². The second kappa shape index (κ2) is 7.55. The molecular weight excluding hydrogens is 266 g/mol. The van der Waals surface area contributed by atoms with E-state index in [-0.39, 0.29) is 0 Å². The average Bonchev–Trinajstić information content (AvgIpc) is 2.55. The van der Waals surface area contributed by atoms with Gasteiger partial charge in [0.2, 0.25) is 5.75 Å². The third-order valence-electron chi connectivity index (χ3n) is 4.48. The summed E-state index contributed by atoms with van der Waals surface area (Å²) in [7, 11) is 6.99. The van der Waals surface area contributed by atoms with Crippen LogP contribution in [0.4, 0.5) is 0 Å². The van der Waals surface area contributed by atoms with Crippen molar-refractivity contribution < 1.29 is 14.2 Å². The van der Waals surface area contributed by atoms with Crippen molar-refractivity contribution >= 4 is 0 Å². The second-order valence-electron chi connectivity index (χ2n) is 5.62. The van der Waals surface area contributed by atoms with E-state index in [1.807, 2.05) is 7.05 Å². The molecule has 1 N–H and O–H groups in total. The normalized spacial score (nSPS) is 17.3. The Hall–Kier alpha value is -1.42. The molecule has 1 fully saturated rings. The molecule has 0 bridgehead atoms. The number of hydrogen-bond donors (Lipinski definition) is 1. The smallest absolute Gasteiger partial charge is 0.203 e. The molecule has 1 saturated carbocycles. The summed E-state index contributed by atoms with van der Waals surface area (Å²) >= 11 is 0. The molecule has 0 spiro atoms. The van der Waals surface area contributed by atoms with Crippen molar-refractivity contribution in [3.63, 3.8) is 0 Å². The Morgan fingerprint density at radius 1 is 0.952 bits per heavy atom. The highest BCUT2D eigenvalue weighted by atomic mass is 16.5. The van der Waals surface area contributed by atoms with Gasteiger partial charge in [-0.2, -0.15) is 0 Å². The van der Waals surface area contributed by atoms with Gasteiger partial charge in [-0.3, -0.25) is 0 Å². The van der Waals surface area contributed by atoms with Gasteiger partial charge >= 0.3 is 0 Å². The molecule has 1 aliphatic carbocycles. The van der Waals surface area contributed by atoms with Crippen LogP contribution in [0, 0.1) is 5.92 Å². The fourth-order valence-corrected chi connectivity index (χ4v) is 3.42. The summed E-state index contributed by atoms with van der Waals surface area (Å²) in [5.41, 5.74) is 1.21. The number of rotatable bonds is 6. The lowest BCUT2D eigenvalue weighted by Crippen LogP contribution is -2.27. The quantitative estimate of drug-likeness (QED) is 0.870. The Morgan fingerprint density at radius 3 is 1.95 bits per heavy atom. The average molecular weight is 293 g/mol. The highest BCUT2D eigenvalue weighted by molar-refractivity contribution is 5.54. The van der Waals surface area contributed by atoms with Crippen molar-refractivity contribution in [2.75, 3.05) is 28.4 Å². The summed E-state index contributed by atoms with van der Waals surface area (Å²) < 4.78 is 16.3. The van der Waals surface area contributed by atoms with Gasteiger partial charge in [-0.1, -0.05) is 19.3 Å². The molecule has 0 amide bonds. The monoisotopic (exact) mass is 293 g/mol. The van der Waals surface area contributed by atoms with Crippen LogP contribution in [0.5, 0.6) is 17.2 Å². The third-order valence-corrected chi connectivity index (χ3v) is 4.48. The first kappa shape index (κ1) is 16.0. The molecule has 2 rings (SSSR count). The molecule has 1 aliphatic rings. The predicted octanol–water partition coefficient (Wildman–Crippen LogP) is 3.55. The van der Waals surface area contributed by atoms with E-state index in [1.165, 1.54) is 37.7 Å². The van der Waals surface area contributed by atoms with E-state index < -0.39 is 0 Å². The molecule has 21 heavy (non-hydrogen) atoms. The minimum atomic E-state index is 0.332. The van der Waals surface area contributed by atoms with Crippen molar-refractivity contribution in [1.82, 2.24) is 5.32 Å². The molecule has 0 aromatic heterocycles. The van der Waals surface area contributed by atoms with Gasteiger partial charge in [0.25, 0.3) is 0 Å². The number of ether oxygens (including phenoxy) is 3. The highest BCUT2D eigenvalue weighted by Gasteiger charge is 2.26. The SMILES string of the molecule is CNC(c1cc(OC)c(OC)c(OC)c1)C1CCCCC1. The van der Waals surface area contributed by atoms with Crippen LogP contribution in [0.25, 0.3) is 0 Å². The maximum absolute atomic E-state index is 5.47. The van der Waals surface area contributed by atoms with Gasteiger partial charge in [-0.15, -0.1) is 0 Å². The zero-order chi connectivity index (χ0) is 15.2. The molecule has 118 valence electrons. The van der Waals surface area contributed by atoms with Crippen LogP contribution in [0.15, 0.2) is 12.1 Å². The minimum absolute atomic E-state index is 0.332. The summed E-state index contributed by atoms with van der Waals surface area (Å²) in [5.74, 6) is 2.78. The van der Waals surface area contributed by atoms with Gasteiger partial charge in [0, 0.05) is 6.04 Å². The number of hydrogen-bond acceptors (Lipinski definition) is 4. The molecule has 0 radical (unpaired) electrons. The maximum Gasteiger partial charge on any atom is 0.203 e. The lowest BCUT2D eigenvalue weighted by Gasteiger charge is -2.31. The summed E-state index contributed by atoms with van der Waals surface area (Å²) in [6.07, 6.45) is 6.58. The van der Waals surface area contributed by atoms with E-state index in [4.69, 9.17) is 14.2 Å². The first-order chi connectivity index (χ1) is 10.2. The van der Waals surface area contributed by atoms with Crippen LogP contribution < -0.4 is 19.5 Å². The highest BCUT2D eigenvalue weighted by Crippen LogP contribution is 2.42. The Labute approximate surface area is 127 Å². The zero-order valence-electron chi connectivity index (χ0n) is 13.6. The van der Waals surface area contributed by atoms with E-state index in [1.54, 1.807) is 21.3 Å². The van der Waals surface area contributed by atoms with Crippen molar-refractivity contribution in [1.29, 1.82) is 0 Å². The van der Waals surface area contributed by atoms with E-state index >= 15 is 0 Å². The van der Waals surface area contributed by atoms with Crippen LogP contribution in [0.2, 0.25) is 0 Å². The fraction of sp³-hybridized carbons (Fsp3) is 0.647. The van der Waals surface area contributed by atoms with Crippen molar-refractivity contribution in [3.8, 4) is 17.2 Å². The summed E-state index contributed by atoms with van der Waals surface area (Å²) in [6.45, 7) is 0. The Kier molecular flexibility index (Phi) is 5.74. The topological polar surface area (TPSA) is 39.7 Å². The van der Waals surface area contributed by atoms with Gasteiger partial charge in [0.1, 0.15) is 0 Å². The van der Waals surface area contributed by atoms with Gasteiger partial charge in [0.15, 0.2) is 11.5 Å². The molecule has 0 aliphatic heterocycles. The molecule has 1 unspecified atom stereocenters. The van der Waals surface area contributed by atoms with Crippen LogP contribution >= 0.6 is 0 Å². The predicted molar refractivity (Wildman–Crippen MR) is 84.5 cm³/mol. The Bertz CT molecular complexity index is 430. The molecule has 4 heteroatoms. The zero-order valence-corrected chi connectivity index (χ0v) is 13.6. The molecule has 1 atom stereocenters. The first-order valence-electron chi connectivity index (χ1n) is 7.72. The number of benzene rings is 1. The molecule has 4 nitrogen and oxygen atoms in total. The van der Waals surface area contributed by atoms with Gasteiger partial charge in [-0.25, -0.2) is 0 Å². The van der Waals surface area contributed by atoms with Gasteiger partial charge < -0.3 is 19.5 Å². The van der Waals surface area contributed by atoms with Crippen LogP contribution in [-0.4, -0.2) is 28.4 Å². The maximum atomic E-state index is 5.47. The van der Waals surface area contributed by atoms with Gasteiger partial charge in [0.05, 0.1) is 21.3 Å². The molecule has 0 heterocycles. The molecule has 1 aromatic carbocycles. The molecule has 0 saturated heterocycles. The number of nitrogens with one attached hydrogen (secondary N) is 1. The van der Waals surface area contributed by atoms with Crippen LogP contribution in [0.3, 0.4) is 0 Å². The van der Waals surface area contributed by atoms with Crippen LogP contribution in [0.1, 0.15) is 43.7 Å². The fourth-order valence-electron chi connectivity index (χ4n) is 3.42. The van der Waals surface area contributed by atoms with Crippen molar-refractivity contribution in [2.24, 2.45) is 5.92 Å². The van der Waals surface area contributed by atoms with E-state index in [9.17, 15) is 0 Å². The summed E-state index contributed by atoms with van der Waals surface area (Å²) in [6, 6.07) is 4.47. The lowest BCUT2D eigenvalue weighted by atomic mass is 9.81. The second-order valence-corrected chi connectivity index (χ2v) is 5.62.